The van der Waals surface area contributed by atoms with Gasteiger partial charge in [0.15, 0.2) is 0 Å². The highest BCUT2D eigenvalue weighted by molar-refractivity contribution is 6.00. The molecule has 6 heteroatoms. The highest BCUT2D eigenvalue weighted by atomic mass is 16.6. The van der Waals surface area contributed by atoms with Crippen molar-refractivity contribution in [3.05, 3.63) is 33.9 Å². The predicted octanol–water partition coefficient (Wildman–Crippen LogP) is 2.31. The van der Waals surface area contributed by atoms with Crippen LogP contribution < -0.4 is 10.6 Å². The highest BCUT2D eigenvalue weighted by Crippen LogP contribution is 2.35. The molecule has 0 bridgehead atoms. The van der Waals surface area contributed by atoms with Crippen LogP contribution in [0, 0.1) is 10.1 Å². The Kier molecular flexibility index (Phi) is 3.42. The number of carbonyl (C=O) groups excluding carboxylic acids is 1. The molecule has 0 saturated heterocycles. The number of nitrogens with zero attached hydrogens (tertiary/aromatic N) is 1. The number of non-ortho nitro benzene ring substituents is 1. The topological polar surface area (TPSA) is 84.3 Å². The van der Waals surface area contributed by atoms with E-state index in [-0.39, 0.29) is 17.1 Å². The number of nitrogens with one attached hydrogen (secondary N) is 2. The van der Waals surface area contributed by atoms with Gasteiger partial charge in [0.1, 0.15) is 0 Å². The van der Waals surface area contributed by atoms with E-state index in [4.69, 9.17) is 0 Å². The molecule has 0 radical (unpaired) electrons. The van der Waals surface area contributed by atoms with Crippen molar-refractivity contribution in [2.75, 3.05) is 11.9 Å². The van der Waals surface area contributed by atoms with Crippen molar-refractivity contribution in [3.8, 4) is 0 Å². The van der Waals surface area contributed by atoms with E-state index in [9.17, 15) is 14.9 Å². The lowest BCUT2D eigenvalue weighted by Gasteiger charge is -2.14. The Morgan fingerprint density at radius 2 is 2.16 bits per heavy atom. The van der Waals surface area contributed by atoms with Gasteiger partial charge in [-0.05, 0) is 32.8 Å². The highest BCUT2D eigenvalue weighted by Gasteiger charge is 2.39. The summed E-state index contributed by atoms with van der Waals surface area (Å²) in [5.41, 5.74) is 0.720. The van der Waals surface area contributed by atoms with E-state index < -0.39 is 4.92 Å². The molecule has 0 spiro atoms. The number of hydrogen-bond acceptors (Lipinski definition) is 4. The van der Waals surface area contributed by atoms with Gasteiger partial charge in [-0.2, -0.15) is 0 Å². The Labute approximate surface area is 111 Å². The normalized spacial score (nSPS) is 15.7. The standard InChI is InChI=1S/C13H17N3O3/c1-3-14-11-5-4-9(16(18)19)8-10(11)12(17)15-13(2)6-7-13/h4-5,8,14H,3,6-7H2,1-2H3,(H,15,17). The Balaban J connectivity index is 2.30. The van der Waals surface area contributed by atoms with E-state index in [0.717, 1.165) is 12.8 Å². The Morgan fingerprint density at radius 1 is 1.47 bits per heavy atom. The molecule has 1 aromatic rings. The van der Waals surface area contributed by atoms with Crippen LogP contribution in [-0.4, -0.2) is 22.9 Å². The molecule has 0 aliphatic heterocycles. The van der Waals surface area contributed by atoms with Gasteiger partial charge >= 0.3 is 0 Å². The first-order valence-electron chi connectivity index (χ1n) is 6.30. The molecule has 102 valence electrons. The van der Waals surface area contributed by atoms with Crippen LogP contribution in [0.25, 0.3) is 0 Å². The number of nitro benzene ring substituents is 1. The third kappa shape index (κ3) is 3.01. The van der Waals surface area contributed by atoms with Crippen LogP contribution in [0.3, 0.4) is 0 Å². The molecule has 1 aliphatic carbocycles. The van der Waals surface area contributed by atoms with Crippen molar-refractivity contribution < 1.29 is 9.72 Å². The molecular weight excluding hydrogens is 246 g/mol. The quantitative estimate of drug-likeness (QED) is 0.630. The fourth-order valence-corrected chi connectivity index (χ4v) is 1.83. The van der Waals surface area contributed by atoms with Gasteiger partial charge in [-0.3, -0.25) is 14.9 Å². The summed E-state index contributed by atoms with van der Waals surface area (Å²) < 4.78 is 0. The SMILES string of the molecule is CCNc1ccc([N+](=O)[O-])cc1C(=O)NC1(C)CC1. The van der Waals surface area contributed by atoms with Crippen LogP contribution in [0.5, 0.6) is 0 Å². The molecule has 0 atom stereocenters. The molecule has 2 N–H and O–H groups in total. The van der Waals surface area contributed by atoms with Gasteiger partial charge in [0.2, 0.25) is 0 Å². The van der Waals surface area contributed by atoms with Gasteiger partial charge in [-0.1, -0.05) is 0 Å². The predicted molar refractivity (Wildman–Crippen MR) is 72.4 cm³/mol. The average Bonchev–Trinajstić information content (AvgIpc) is 3.07. The molecule has 6 nitrogen and oxygen atoms in total. The molecule has 19 heavy (non-hydrogen) atoms. The van der Waals surface area contributed by atoms with Crippen LogP contribution in [-0.2, 0) is 0 Å². The van der Waals surface area contributed by atoms with E-state index in [1.54, 1.807) is 6.07 Å². The summed E-state index contributed by atoms with van der Waals surface area (Å²) in [6, 6.07) is 4.29. The van der Waals surface area contributed by atoms with Gasteiger partial charge in [0, 0.05) is 29.9 Å². The van der Waals surface area contributed by atoms with Crippen LogP contribution in [0.4, 0.5) is 11.4 Å². The molecule has 1 aromatic carbocycles. The fourth-order valence-electron chi connectivity index (χ4n) is 1.83. The molecule has 1 saturated carbocycles. The minimum Gasteiger partial charge on any atom is -0.385 e. The first-order valence-corrected chi connectivity index (χ1v) is 6.30. The third-order valence-electron chi connectivity index (χ3n) is 3.24. The first-order chi connectivity index (χ1) is 8.95. The molecule has 1 amide bonds. The molecule has 2 rings (SSSR count). The number of nitro groups is 1. The van der Waals surface area contributed by atoms with Crippen LogP contribution in [0.2, 0.25) is 0 Å². The molecular formula is C13H17N3O3. The zero-order chi connectivity index (χ0) is 14.0. The van der Waals surface area contributed by atoms with Gasteiger partial charge in [-0.25, -0.2) is 0 Å². The van der Waals surface area contributed by atoms with E-state index in [2.05, 4.69) is 10.6 Å². The molecule has 1 aliphatic rings. The molecule has 0 aromatic heterocycles. The second kappa shape index (κ2) is 4.87. The summed E-state index contributed by atoms with van der Waals surface area (Å²) >= 11 is 0. The van der Waals surface area contributed by atoms with E-state index >= 15 is 0 Å². The number of carbonyl (C=O) groups is 1. The van der Waals surface area contributed by atoms with Gasteiger partial charge in [-0.15, -0.1) is 0 Å². The summed E-state index contributed by atoms with van der Waals surface area (Å²) in [6.07, 6.45) is 1.90. The van der Waals surface area contributed by atoms with Crippen molar-refractivity contribution in [1.29, 1.82) is 0 Å². The summed E-state index contributed by atoms with van der Waals surface area (Å²) in [7, 11) is 0. The van der Waals surface area contributed by atoms with E-state index in [1.165, 1.54) is 12.1 Å². The fraction of sp³-hybridized carbons (Fsp3) is 0.462. The maximum Gasteiger partial charge on any atom is 0.270 e. The van der Waals surface area contributed by atoms with Crippen molar-refractivity contribution in [1.82, 2.24) is 5.32 Å². The number of anilines is 1. The smallest absolute Gasteiger partial charge is 0.270 e. The number of hydrogen-bond donors (Lipinski definition) is 2. The maximum atomic E-state index is 12.2. The molecule has 0 heterocycles. The van der Waals surface area contributed by atoms with Crippen molar-refractivity contribution >= 4 is 17.3 Å². The maximum absolute atomic E-state index is 12.2. The van der Waals surface area contributed by atoms with Crippen molar-refractivity contribution in [2.24, 2.45) is 0 Å². The Hall–Kier alpha value is -2.11. The third-order valence-corrected chi connectivity index (χ3v) is 3.24. The second-order valence-electron chi connectivity index (χ2n) is 5.03. The first kappa shape index (κ1) is 13.3. The lowest BCUT2D eigenvalue weighted by molar-refractivity contribution is -0.384. The van der Waals surface area contributed by atoms with Crippen LogP contribution in [0.15, 0.2) is 18.2 Å². The van der Waals surface area contributed by atoms with Crippen LogP contribution >= 0.6 is 0 Å². The monoisotopic (exact) mass is 263 g/mol. The summed E-state index contributed by atoms with van der Waals surface area (Å²) in [5, 5.41) is 16.8. The molecule has 0 unspecified atom stereocenters. The van der Waals surface area contributed by atoms with Crippen molar-refractivity contribution in [3.63, 3.8) is 0 Å². The minimum atomic E-state index is -0.495. The van der Waals surface area contributed by atoms with Gasteiger partial charge < -0.3 is 10.6 Å². The lowest BCUT2D eigenvalue weighted by Crippen LogP contribution is -2.34. The molecule has 1 fully saturated rings. The summed E-state index contributed by atoms with van der Waals surface area (Å²) in [5.74, 6) is -0.264. The zero-order valence-electron chi connectivity index (χ0n) is 11.0. The van der Waals surface area contributed by atoms with Crippen molar-refractivity contribution in [2.45, 2.75) is 32.2 Å². The largest absolute Gasteiger partial charge is 0.385 e. The Bertz CT molecular complexity index is 524. The van der Waals surface area contributed by atoms with Gasteiger partial charge in [0.25, 0.3) is 11.6 Å². The minimum absolute atomic E-state index is 0.0762. The average molecular weight is 263 g/mol. The number of amides is 1. The van der Waals surface area contributed by atoms with E-state index in [0.29, 0.717) is 17.8 Å². The summed E-state index contributed by atoms with van der Waals surface area (Å²) in [4.78, 5) is 22.5. The Morgan fingerprint density at radius 3 is 2.68 bits per heavy atom. The second-order valence-corrected chi connectivity index (χ2v) is 5.03. The zero-order valence-corrected chi connectivity index (χ0v) is 11.0. The van der Waals surface area contributed by atoms with Crippen LogP contribution in [0.1, 0.15) is 37.0 Å². The number of rotatable bonds is 5. The summed E-state index contributed by atoms with van der Waals surface area (Å²) in [6.45, 7) is 4.52. The van der Waals surface area contributed by atoms with Gasteiger partial charge in [0.05, 0.1) is 10.5 Å². The number of benzene rings is 1. The van der Waals surface area contributed by atoms with E-state index in [1.807, 2.05) is 13.8 Å². The lowest BCUT2D eigenvalue weighted by atomic mass is 10.1.